The first-order chi connectivity index (χ1) is 8.78. The molecule has 0 spiro atoms. The van der Waals surface area contributed by atoms with Gasteiger partial charge in [0.25, 0.3) is 0 Å². The summed E-state index contributed by atoms with van der Waals surface area (Å²) in [6.45, 7) is -1.65. The van der Waals surface area contributed by atoms with Gasteiger partial charge in [-0.1, -0.05) is 0 Å². The van der Waals surface area contributed by atoms with Crippen LogP contribution in [0.1, 0.15) is 6.42 Å². The molecule has 0 fully saturated rings. The van der Waals surface area contributed by atoms with Crippen LogP contribution in [0.3, 0.4) is 0 Å². The van der Waals surface area contributed by atoms with E-state index in [1.807, 2.05) is 0 Å². The number of alkyl halides is 3. The van der Waals surface area contributed by atoms with Gasteiger partial charge >= 0.3 is 6.18 Å². The van der Waals surface area contributed by atoms with E-state index >= 15 is 0 Å². The first-order valence-electron chi connectivity index (χ1n) is 5.27. The third-order valence-electron chi connectivity index (χ3n) is 2.02. The molecule has 1 aromatic rings. The molecular formula is C11H12BrF3N2O2. The quantitative estimate of drug-likeness (QED) is 0.639. The molecule has 4 nitrogen and oxygen atoms in total. The fraction of sp³-hybridized carbons (Fsp3) is 0.364. The number of nitrogen functional groups attached to an aromatic ring is 1. The number of amides is 1. The van der Waals surface area contributed by atoms with Gasteiger partial charge in [0.15, 0.2) is 0 Å². The molecule has 0 aliphatic carbocycles. The van der Waals surface area contributed by atoms with Gasteiger partial charge in [-0.15, -0.1) is 0 Å². The molecule has 0 saturated carbocycles. The van der Waals surface area contributed by atoms with Crippen LogP contribution in [0.25, 0.3) is 0 Å². The maximum Gasteiger partial charge on any atom is 0.411 e. The fourth-order valence-corrected chi connectivity index (χ4v) is 1.44. The van der Waals surface area contributed by atoms with Gasteiger partial charge in [-0.3, -0.25) is 4.79 Å². The molecule has 106 valence electrons. The van der Waals surface area contributed by atoms with Crippen molar-refractivity contribution in [2.75, 3.05) is 24.3 Å². The number of nitrogens with two attached hydrogens (primary N) is 1. The highest BCUT2D eigenvalue weighted by Crippen LogP contribution is 2.23. The van der Waals surface area contributed by atoms with Crippen molar-refractivity contribution in [3.05, 3.63) is 22.7 Å². The summed E-state index contributed by atoms with van der Waals surface area (Å²) in [6.07, 6.45) is -4.54. The van der Waals surface area contributed by atoms with Crippen molar-refractivity contribution in [1.29, 1.82) is 0 Å². The van der Waals surface area contributed by atoms with Crippen molar-refractivity contribution in [3.63, 3.8) is 0 Å². The minimum absolute atomic E-state index is 0.161. The fourth-order valence-electron chi connectivity index (χ4n) is 1.20. The highest BCUT2D eigenvalue weighted by atomic mass is 79.9. The normalized spacial score (nSPS) is 11.4. The van der Waals surface area contributed by atoms with E-state index in [1.54, 1.807) is 18.2 Å². The maximum atomic E-state index is 11.8. The summed E-state index contributed by atoms with van der Waals surface area (Å²) in [4.78, 5) is 11.4. The average molecular weight is 341 g/mol. The van der Waals surface area contributed by atoms with Gasteiger partial charge in [0, 0.05) is 15.8 Å². The van der Waals surface area contributed by atoms with Crippen LogP contribution in [-0.2, 0) is 9.53 Å². The van der Waals surface area contributed by atoms with Crippen LogP contribution in [-0.4, -0.2) is 25.3 Å². The first-order valence-corrected chi connectivity index (χ1v) is 6.06. The van der Waals surface area contributed by atoms with E-state index in [0.717, 1.165) is 0 Å². The molecule has 0 aliphatic heterocycles. The largest absolute Gasteiger partial charge is 0.411 e. The Morgan fingerprint density at radius 3 is 2.68 bits per heavy atom. The number of hydrogen-bond acceptors (Lipinski definition) is 3. The predicted octanol–water partition coefficient (Wildman–Crippen LogP) is 2.94. The van der Waals surface area contributed by atoms with E-state index in [1.165, 1.54) is 0 Å². The lowest BCUT2D eigenvalue weighted by Crippen LogP contribution is -2.20. The van der Waals surface area contributed by atoms with Gasteiger partial charge in [0.1, 0.15) is 6.61 Å². The lowest BCUT2D eigenvalue weighted by molar-refractivity contribution is -0.174. The number of halogens is 4. The summed E-state index contributed by atoms with van der Waals surface area (Å²) in [7, 11) is 0. The smallest absolute Gasteiger partial charge is 0.398 e. The zero-order chi connectivity index (χ0) is 14.5. The summed E-state index contributed by atoms with van der Waals surface area (Å²) in [6, 6.07) is 4.82. The molecule has 0 heterocycles. The van der Waals surface area contributed by atoms with Gasteiger partial charge in [-0.2, -0.15) is 13.2 Å². The number of nitrogens with one attached hydrogen (secondary N) is 1. The van der Waals surface area contributed by atoms with E-state index in [0.29, 0.717) is 15.8 Å². The summed E-state index contributed by atoms with van der Waals surface area (Å²) in [5.41, 5.74) is 6.54. The topological polar surface area (TPSA) is 64.3 Å². The second-order valence-electron chi connectivity index (χ2n) is 3.70. The number of ether oxygens (including phenoxy) is 1. The van der Waals surface area contributed by atoms with Gasteiger partial charge < -0.3 is 15.8 Å². The maximum absolute atomic E-state index is 11.8. The monoisotopic (exact) mass is 340 g/mol. The van der Waals surface area contributed by atoms with Gasteiger partial charge in [0.05, 0.1) is 13.0 Å². The van der Waals surface area contributed by atoms with Crippen LogP contribution in [0.5, 0.6) is 0 Å². The van der Waals surface area contributed by atoms with E-state index in [-0.39, 0.29) is 13.0 Å². The van der Waals surface area contributed by atoms with E-state index in [9.17, 15) is 18.0 Å². The number of carbonyl (C=O) groups excluding carboxylic acids is 1. The van der Waals surface area contributed by atoms with Crippen LogP contribution in [0.4, 0.5) is 24.5 Å². The zero-order valence-corrected chi connectivity index (χ0v) is 11.3. The summed E-state index contributed by atoms with van der Waals surface area (Å²) >= 11 is 3.20. The Balaban J connectivity index is 2.33. The Bertz CT molecular complexity index is 452. The lowest BCUT2D eigenvalue weighted by Gasteiger charge is -2.09. The van der Waals surface area contributed by atoms with Crippen LogP contribution in [0, 0.1) is 0 Å². The number of anilines is 2. The molecule has 0 bridgehead atoms. The molecule has 0 unspecified atom stereocenters. The van der Waals surface area contributed by atoms with Crippen molar-refractivity contribution in [2.45, 2.75) is 12.6 Å². The van der Waals surface area contributed by atoms with Crippen LogP contribution >= 0.6 is 15.9 Å². The number of hydrogen-bond donors (Lipinski definition) is 2. The highest BCUT2D eigenvalue weighted by Gasteiger charge is 2.27. The van der Waals surface area contributed by atoms with Crippen molar-refractivity contribution in [1.82, 2.24) is 0 Å². The summed E-state index contributed by atoms with van der Waals surface area (Å²) in [5.74, 6) is -0.441. The van der Waals surface area contributed by atoms with Crippen molar-refractivity contribution < 1.29 is 22.7 Å². The first kappa shape index (κ1) is 15.8. The predicted molar refractivity (Wildman–Crippen MR) is 68.7 cm³/mol. The molecule has 0 atom stereocenters. The summed E-state index contributed by atoms with van der Waals surface area (Å²) in [5, 5.41) is 2.51. The van der Waals surface area contributed by atoms with Gasteiger partial charge in [-0.05, 0) is 34.1 Å². The third kappa shape index (κ3) is 6.44. The molecule has 0 radical (unpaired) electrons. The number of carbonyl (C=O) groups is 1. The SMILES string of the molecule is Nc1cc(NC(=O)CCOCC(F)(F)F)ccc1Br. The van der Waals surface area contributed by atoms with E-state index in [2.05, 4.69) is 26.0 Å². The Labute approximate surface area is 116 Å². The molecule has 19 heavy (non-hydrogen) atoms. The molecule has 0 aromatic heterocycles. The van der Waals surface area contributed by atoms with Crippen LogP contribution in [0.15, 0.2) is 22.7 Å². The summed E-state index contributed by atoms with van der Waals surface area (Å²) < 4.78 is 40.3. The lowest BCUT2D eigenvalue weighted by atomic mass is 10.2. The van der Waals surface area contributed by atoms with Crippen molar-refractivity contribution in [3.8, 4) is 0 Å². The van der Waals surface area contributed by atoms with Gasteiger partial charge in [-0.25, -0.2) is 0 Å². The highest BCUT2D eigenvalue weighted by molar-refractivity contribution is 9.10. The standard InChI is InChI=1S/C11H12BrF3N2O2/c12-8-2-1-7(5-9(8)16)17-10(18)3-4-19-6-11(13,14)15/h1-2,5H,3-4,6,16H2,(H,17,18). The Kier molecular flexibility index (Phi) is 5.61. The second kappa shape index (κ2) is 6.76. The Morgan fingerprint density at radius 2 is 2.11 bits per heavy atom. The van der Waals surface area contributed by atoms with Crippen molar-refractivity contribution >= 4 is 33.2 Å². The van der Waals surface area contributed by atoms with Gasteiger partial charge in [0.2, 0.25) is 5.91 Å². The second-order valence-corrected chi connectivity index (χ2v) is 4.56. The molecule has 1 rings (SSSR count). The number of benzene rings is 1. The molecule has 8 heteroatoms. The zero-order valence-electron chi connectivity index (χ0n) is 9.76. The Morgan fingerprint density at radius 1 is 1.42 bits per heavy atom. The van der Waals surface area contributed by atoms with Crippen molar-refractivity contribution in [2.24, 2.45) is 0 Å². The molecule has 0 saturated heterocycles. The minimum atomic E-state index is -4.38. The molecule has 0 aliphatic rings. The van der Waals surface area contributed by atoms with Crippen LogP contribution in [0.2, 0.25) is 0 Å². The van der Waals surface area contributed by atoms with E-state index < -0.39 is 18.7 Å². The molecule has 3 N–H and O–H groups in total. The average Bonchev–Trinajstić information content (AvgIpc) is 2.28. The molecule has 1 aromatic carbocycles. The Hall–Kier alpha value is -1.28. The third-order valence-corrected chi connectivity index (χ3v) is 2.74. The van der Waals surface area contributed by atoms with E-state index in [4.69, 9.17) is 5.73 Å². The minimum Gasteiger partial charge on any atom is -0.398 e. The van der Waals surface area contributed by atoms with Crippen LogP contribution < -0.4 is 11.1 Å². The molecule has 1 amide bonds. The number of rotatable bonds is 5. The molecular weight excluding hydrogens is 329 g/mol.